The summed E-state index contributed by atoms with van der Waals surface area (Å²) in [5, 5.41) is 24.7. The number of likely N-dealkylation sites (tertiary alicyclic amines) is 1. The molecule has 4 unspecified atom stereocenters. The molecule has 2 aromatic carbocycles. The number of carbonyl (C=O) groups excluding carboxylic acids is 1. The number of unbranched alkanes of at least 4 members (excludes halogenated alkanes) is 2. The van der Waals surface area contributed by atoms with Crippen molar-refractivity contribution in [2.24, 2.45) is 5.92 Å². The van der Waals surface area contributed by atoms with E-state index in [2.05, 4.69) is 47.1 Å². The van der Waals surface area contributed by atoms with Crippen LogP contribution in [0.25, 0.3) is 0 Å². The van der Waals surface area contributed by atoms with Gasteiger partial charge in [-0.05, 0) is 68.3 Å². The number of carbonyl (C=O) groups is 1. The minimum Gasteiger partial charge on any atom is -0.508 e. The predicted molar refractivity (Wildman–Crippen MR) is 140 cm³/mol. The number of aryl methyl sites for hydroxylation is 1. The zero-order valence-corrected chi connectivity index (χ0v) is 20.7. The highest BCUT2D eigenvalue weighted by molar-refractivity contribution is 5.76. The molecule has 0 aromatic heterocycles. The Morgan fingerprint density at radius 3 is 2.74 bits per heavy atom. The molecule has 1 saturated carbocycles. The van der Waals surface area contributed by atoms with Crippen molar-refractivity contribution < 1.29 is 15.0 Å². The maximum Gasteiger partial charge on any atom is 0.220 e. The molecule has 1 amide bonds. The molecule has 0 spiro atoms. The number of amides is 1. The highest BCUT2D eigenvalue weighted by Crippen LogP contribution is 2.49. The number of phenolic OH excluding ortho intramolecular Hbond substituents is 1. The fraction of sp³-hybridized carbons (Fsp3) is 0.500. The monoisotopic (exact) mass is 476 g/mol. The van der Waals surface area contributed by atoms with Crippen LogP contribution in [-0.4, -0.2) is 52.8 Å². The van der Waals surface area contributed by atoms with Gasteiger partial charge in [-0.25, -0.2) is 0 Å². The fourth-order valence-corrected chi connectivity index (χ4v) is 6.30. The van der Waals surface area contributed by atoms with Crippen molar-refractivity contribution in [3.8, 4) is 5.75 Å². The van der Waals surface area contributed by atoms with Crippen LogP contribution >= 0.6 is 0 Å². The number of aliphatic hydroxyl groups is 1. The van der Waals surface area contributed by atoms with Gasteiger partial charge in [0.1, 0.15) is 5.75 Å². The summed E-state index contributed by atoms with van der Waals surface area (Å²) in [5.74, 6) is 0.389. The number of phenols is 1. The second-order valence-electron chi connectivity index (χ2n) is 10.4. The highest BCUT2D eigenvalue weighted by atomic mass is 16.3. The SMILES string of the molecule is C=CCN1CCC2(c3cccc(O)c3)CC(NC(=O)CCCCCc3ccccc3)CC(O)C2C1. The number of hydrogen-bond donors (Lipinski definition) is 3. The van der Waals surface area contributed by atoms with Gasteiger partial charge < -0.3 is 15.5 Å². The van der Waals surface area contributed by atoms with Crippen molar-refractivity contribution in [2.75, 3.05) is 19.6 Å². The molecule has 5 nitrogen and oxygen atoms in total. The van der Waals surface area contributed by atoms with Crippen LogP contribution < -0.4 is 5.32 Å². The van der Waals surface area contributed by atoms with Gasteiger partial charge in [-0.15, -0.1) is 6.58 Å². The summed E-state index contributed by atoms with van der Waals surface area (Å²) in [6.45, 7) is 6.39. The number of benzene rings is 2. The molecule has 2 fully saturated rings. The van der Waals surface area contributed by atoms with E-state index < -0.39 is 6.10 Å². The normalized spacial score (nSPS) is 26.6. The first-order valence-corrected chi connectivity index (χ1v) is 13.1. The Balaban J connectivity index is 1.36. The maximum atomic E-state index is 12.8. The van der Waals surface area contributed by atoms with Gasteiger partial charge in [-0.2, -0.15) is 0 Å². The largest absolute Gasteiger partial charge is 0.508 e. The molecule has 5 heteroatoms. The van der Waals surface area contributed by atoms with E-state index in [0.717, 1.165) is 63.7 Å². The second-order valence-corrected chi connectivity index (χ2v) is 10.4. The smallest absolute Gasteiger partial charge is 0.220 e. The Morgan fingerprint density at radius 2 is 1.97 bits per heavy atom. The lowest BCUT2D eigenvalue weighted by molar-refractivity contribution is -0.123. The Hall–Kier alpha value is -2.63. The van der Waals surface area contributed by atoms with E-state index in [1.807, 2.05) is 24.3 Å². The number of nitrogens with one attached hydrogen (secondary N) is 1. The van der Waals surface area contributed by atoms with Gasteiger partial charge >= 0.3 is 0 Å². The molecule has 1 heterocycles. The van der Waals surface area contributed by atoms with Crippen LogP contribution in [0.3, 0.4) is 0 Å². The van der Waals surface area contributed by atoms with Gasteiger partial charge in [0.25, 0.3) is 0 Å². The zero-order valence-electron chi connectivity index (χ0n) is 20.7. The molecule has 2 aliphatic rings. The summed E-state index contributed by atoms with van der Waals surface area (Å²) in [6.07, 6.45) is 8.24. The molecule has 4 rings (SSSR count). The molecule has 188 valence electrons. The molecular formula is C30H40N2O3. The van der Waals surface area contributed by atoms with Crippen molar-refractivity contribution in [1.82, 2.24) is 10.2 Å². The van der Waals surface area contributed by atoms with E-state index in [1.54, 1.807) is 6.07 Å². The van der Waals surface area contributed by atoms with Crippen LogP contribution in [0.1, 0.15) is 56.1 Å². The summed E-state index contributed by atoms with van der Waals surface area (Å²) in [4.78, 5) is 15.1. The van der Waals surface area contributed by atoms with Gasteiger partial charge in [0.15, 0.2) is 0 Å². The van der Waals surface area contributed by atoms with Crippen LogP contribution in [0.5, 0.6) is 5.75 Å². The summed E-state index contributed by atoms with van der Waals surface area (Å²) in [7, 11) is 0. The average molecular weight is 477 g/mol. The predicted octanol–water partition coefficient (Wildman–Crippen LogP) is 4.58. The van der Waals surface area contributed by atoms with Gasteiger partial charge in [0.2, 0.25) is 5.91 Å². The van der Waals surface area contributed by atoms with Crippen molar-refractivity contribution in [3.63, 3.8) is 0 Å². The van der Waals surface area contributed by atoms with Crippen LogP contribution in [0.4, 0.5) is 0 Å². The molecule has 3 N–H and O–H groups in total. The van der Waals surface area contributed by atoms with Crippen LogP contribution in [-0.2, 0) is 16.6 Å². The quantitative estimate of drug-likeness (QED) is 0.347. The number of hydrogen-bond acceptors (Lipinski definition) is 4. The molecular weight excluding hydrogens is 436 g/mol. The van der Waals surface area contributed by atoms with Crippen LogP contribution in [0, 0.1) is 5.92 Å². The molecule has 0 radical (unpaired) electrons. The van der Waals surface area contributed by atoms with E-state index in [9.17, 15) is 15.0 Å². The topological polar surface area (TPSA) is 72.8 Å². The van der Waals surface area contributed by atoms with Crippen molar-refractivity contribution in [1.29, 1.82) is 0 Å². The molecule has 1 saturated heterocycles. The first-order chi connectivity index (χ1) is 17.0. The van der Waals surface area contributed by atoms with E-state index in [1.165, 1.54) is 5.56 Å². The van der Waals surface area contributed by atoms with Crippen LogP contribution in [0.15, 0.2) is 67.3 Å². The van der Waals surface area contributed by atoms with E-state index in [4.69, 9.17) is 0 Å². The average Bonchev–Trinajstić information content (AvgIpc) is 2.85. The summed E-state index contributed by atoms with van der Waals surface area (Å²) in [5.41, 5.74) is 2.15. The molecule has 0 bridgehead atoms. The molecule has 1 aliphatic carbocycles. The number of nitrogens with zero attached hydrogens (tertiary/aromatic N) is 1. The summed E-state index contributed by atoms with van der Waals surface area (Å²) < 4.78 is 0. The lowest BCUT2D eigenvalue weighted by atomic mass is 9.57. The Morgan fingerprint density at radius 1 is 1.14 bits per heavy atom. The molecule has 35 heavy (non-hydrogen) atoms. The number of aromatic hydroxyl groups is 1. The maximum absolute atomic E-state index is 12.8. The third kappa shape index (κ3) is 6.33. The van der Waals surface area contributed by atoms with Crippen molar-refractivity contribution >= 4 is 5.91 Å². The lowest BCUT2D eigenvalue weighted by Gasteiger charge is -2.54. The zero-order chi connectivity index (χ0) is 24.7. The molecule has 1 aliphatic heterocycles. The number of aliphatic hydroxyl groups excluding tert-OH is 1. The van der Waals surface area contributed by atoms with Gasteiger partial charge in [0.05, 0.1) is 6.10 Å². The minimum absolute atomic E-state index is 0.0594. The first-order valence-electron chi connectivity index (χ1n) is 13.1. The Labute approximate surface area is 209 Å². The standard InChI is InChI=1S/C30H40N2O3/c1-2-17-32-18-16-30(24-13-9-14-26(33)19-24)21-25(20-28(34)27(30)22-32)31-29(35)15-8-4-7-12-23-10-5-3-6-11-23/h2-3,5-6,9-11,13-14,19,25,27-28,33-34H,1,4,7-8,12,15-18,20-22H2,(H,31,35). The lowest BCUT2D eigenvalue weighted by Crippen LogP contribution is -2.61. The summed E-state index contributed by atoms with van der Waals surface area (Å²) in [6, 6.07) is 17.9. The number of piperidine rings is 1. The fourth-order valence-electron chi connectivity index (χ4n) is 6.30. The van der Waals surface area contributed by atoms with E-state index >= 15 is 0 Å². The van der Waals surface area contributed by atoms with Crippen molar-refractivity contribution in [3.05, 3.63) is 78.4 Å². The van der Waals surface area contributed by atoms with Gasteiger partial charge in [-0.3, -0.25) is 9.69 Å². The Kier molecular flexibility index (Phi) is 8.64. The van der Waals surface area contributed by atoms with E-state index in [0.29, 0.717) is 12.8 Å². The van der Waals surface area contributed by atoms with Gasteiger partial charge in [-0.1, -0.05) is 55.0 Å². The van der Waals surface area contributed by atoms with Crippen molar-refractivity contribution in [2.45, 2.75) is 68.9 Å². The molecule has 4 atom stereocenters. The molecule has 2 aromatic rings. The second kappa shape index (κ2) is 11.9. The number of fused-ring (bicyclic) bond motifs is 1. The van der Waals surface area contributed by atoms with Gasteiger partial charge in [0, 0.05) is 36.9 Å². The first kappa shape index (κ1) is 25.5. The highest BCUT2D eigenvalue weighted by Gasteiger charge is 2.52. The summed E-state index contributed by atoms with van der Waals surface area (Å²) >= 11 is 0. The third-order valence-corrected chi connectivity index (χ3v) is 8.03. The Bertz CT molecular complexity index is 979. The number of rotatable bonds is 10. The third-order valence-electron chi connectivity index (χ3n) is 8.03. The van der Waals surface area contributed by atoms with E-state index in [-0.39, 0.29) is 29.0 Å². The van der Waals surface area contributed by atoms with Crippen LogP contribution in [0.2, 0.25) is 0 Å². The minimum atomic E-state index is -0.505.